The fraction of sp³-hybridized carbons (Fsp3) is 0.211. The van der Waals surface area contributed by atoms with Gasteiger partial charge in [-0.2, -0.15) is 0 Å². The van der Waals surface area contributed by atoms with Crippen molar-refractivity contribution in [3.8, 4) is 0 Å². The van der Waals surface area contributed by atoms with Crippen LogP contribution < -0.4 is 5.32 Å². The van der Waals surface area contributed by atoms with Gasteiger partial charge in [-0.25, -0.2) is 9.59 Å². The quantitative estimate of drug-likeness (QED) is 0.748. The molecule has 0 bridgehead atoms. The van der Waals surface area contributed by atoms with Gasteiger partial charge in [-0.1, -0.05) is 44.2 Å². The Morgan fingerprint density at radius 3 is 1.92 bits per heavy atom. The van der Waals surface area contributed by atoms with E-state index in [0.29, 0.717) is 6.42 Å². The summed E-state index contributed by atoms with van der Waals surface area (Å²) in [5.74, 6) is -2.85. The molecule has 130 valence electrons. The summed E-state index contributed by atoms with van der Waals surface area (Å²) in [4.78, 5) is 34.9. The van der Waals surface area contributed by atoms with Gasteiger partial charge in [-0.05, 0) is 30.2 Å². The van der Waals surface area contributed by atoms with Crippen molar-refractivity contribution in [1.82, 2.24) is 0 Å². The number of rotatable bonds is 6. The van der Waals surface area contributed by atoms with Crippen LogP contribution in [0.1, 0.15) is 40.1 Å². The predicted molar refractivity (Wildman–Crippen MR) is 92.9 cm³/mol. The van der Waals surface area contributed by atoms with E-state index in [1.165, 1.54) is 12.1 Å². The Hall–Kier alpha value is -3.15. The molecule has 2 aromatic carbocycles. The molecule has 0 aliphatic carbocycles. The van der Waals surface area contributed by atoms with Crippen LogP contribution in [0, 0.1) is 5.41 Å². The maximum absolute atomic E-state index is 12.6. The van der Waals surface area contributed by atoms with Crippen LogP contribution in [0.4, 0.5) is 5.69 Å². The van der Waals surface area contributed by atoms with Gasteiger partial charge in [0.25, 0.3) is 0 Å². The minimum Gasteiger partial charge on any atom is -0.478 e. The molecule has 0 heterocycles. The molecule has 6 heteroatoms. The first-order valence-corrected chi connectivity index (χ1v) is 7.66. The van der Waals surface area contributed by atoms with Gasteiger partial charge in [0, 0.05) is 11.1 Å². The van der Waals surface area contributed by atoms with E-state index >= 15 is 0 Å². The van der Waals surface area contributed by atoms with E-state index in [9.17, 15) is 14.4 Å². The fourth-order valence-corrected chi connectivity index (χ4v) is 2.43. The molecule has 2 aromatic rings. The number of benzene rings is 2. The SMILES string of the molecule is CC(C)(Cc1ccccc1)C(=O)Nc1cc(C(=O)O)cc(C(=O)O)c1. The molecular formula is C19H19NO5. The van der Waals surface area contributed by atoms with Gasteiger partial charge in [0.05, 0.1) is 11.1 Å². The molecule has 0 aliphatic heterocycles. The zero-order valence-electron chi connectivity index (χ0n) is 13.9. The number of carbonyl (C=O) groups is 3. The highest BCUT2D eigenvalue weighted by molar-refractivity contribution is 5.99. The Bertz CT molecular complexity index is 780. The van der Waals surface area contributed by atoms with E-state index in [2.05, 4.69) is 5.32 Å². The maximum Gasteiger partial charge on any atom is 0.335 e. The number of hydrogen-bond acceptors (Lipinski definition) is 3. The topological polar surface area (TPSA) is 104 Å². The van der Waals surface area contributed by atoms with E-state index < -0.39 is 17.4 Å². The summed E-state index contributed by atoms with van der Waals surface area (Å²) < 4.78 is 0. The van der Waals surface area contributed by atoms with Crippen molar-refractivity contribution in [2.45, 2.75) is 20.3 Å². The van der Waals surface area contributed by atoms with E-state index in [4.69, 9.17) is 10.2 Å². The van der Waals surface area contributed by atoms with Crippen LogP contribution in [0.2, 0.25) is 0 Å². The van der Waals surface area contributed by atoms with Crippen molar-refractivity contribution in [3.63, 3.8) is 0 Å². The van der Waals surface area contributed by atoms with Crippen LogP contribution in [0.15, 0.2) is 48.5 Å². The lowest BCUT2D eigenvalue weighted by atomic mass is 9.84. The minimum absolute atomic E-state index is 0.142. The van der Waals surface area contributed by atoms with Crippen LogP contribution >= 0.6 is 0 Å². The molecule has 0 aromatic heterocycles. The van der Waals surface area contributed by atoms with Crippen LogP contribution in [-0.4, -0.2) is 28.1 Å². The Morgan fingerprint density at radius 2 is 1.44 bits per heavy atom. The number of hydrogen-bond donors (Lipinski definition) is 3. The third kappa shape index (κ3) is 4.67. The fourth-order valence-electron chi connectivity index (χ4n) is 2.43. The van der Waals surface area contributed by atoms with Gasteiger partial charge in [0.2, 0.25) is 5.91 Å². The minimum atomic E-state index is -1.26. The lowest BCUT2D eigenvalue weighted by molar-refractivity contribution is -0.123. The molecule has 0 unspecified atom stereocenters. The monoisotopic (exact) mass is 341 g/mol. The molecular weight excluding hydrogens is 322 g/mol. The van der Waals surface area contributed by atoms with E-state index in [0.717, 1.165) is 11.6 Å². The second-order valence-electron chi connectivity index (χ2n) is 6.41. The zero-order valence-corrected chi connectivity index (χ0v) is 13.9. The van der Waals surface area contributed by atoms with Crippen molar-refractivity contribution < 1.29 is 24.6 Å². The highest BCUT2D eigenvalue weighted by Crippen LogP contribution is 2.25. The number of carboxylic acid groups (broad SMARTS) is 2. The maximum atomic E-state index is 12.6. The largest absolute Gasteiger partial charge is 0.478 e. The molecule has 1 amide bonds. The first-order valence-electron chi connectivity index (χ1n) is 7.66. The second kappa shape index (κ2) is 7.17. The van der Waals surface area contributed by atoms with Gasteiger partial charge in [0.1, 0.15) is 0 Å². The van der Waals surface area contributed by atoms with Gasteiger partial charge < -0.3 is 15.5 Å². The third-order valence-corrected chi connectivity index (χ3v) is 3.79. The Labute approximate surface area is 145 Å². The van der Waals surface area contributed by atoms with Crippen LogP contribution in [0.3, 0.4) is 0 Å². The molecule has 0 fully saturated rings. The molecule has 0 saturated heterocycles. The number of carbonyl (C=O) groups excluding carboxylic acids is 1. The van der Waals surface area contributed by atoms with E-state index in [-0.39, 0.29) is 22.7 Å². The van der Waals surface area contributed by atoms with E-state index in [1.807, 2.05) is 30.3 Å². The van der Waals surface area contributed by atoms with Gasteiger partial charge in [-0.15, -0.1) is 0 Å². The molecule has 0 radical (unpaired) electrons. The number of carboxylic acids is 2. The summed E-state index contributed by atoms with van der Waals surface area (Å²) in [5, 5.41) is 20.8. The molecule has 25 heavy (non-hydrogen) atoms. The lowest BCUT2D eigenvalue weighted by Gasteiger charge is -2.24. The number of anilines is 1. The van der Waals surface area contributed by atoms with Crippen LogP contribution in [0.5, 0.6) is 0 Å². The highest BCUT2D eigenvalue weighted by Gasteiger charge is 2.28. The Balaban J connectivity index is 2.24. The predicted octanol–water partition coefficient (Wildman–Crippen LogP) is 3.29. The highest BCUT2D eigenvalue weighted by atomic mass is 16.4. The summed E-state index contributed by atoms with van der Waals surface area (Å²) in [5.41, 5.74) is -0.0204. The van der Waals surface area contributed by atoms with Gasteiger partial charge in [0.15, 0.2) is 0 Å². The number of aromatic carboxylic acids is 2. The summed E-state index contributed by atoms with van der Waals surface area (Å²) in [6.45, 7) is 3.54. The zero-order chi connectivity index (χ0) is 18.6. The Morgan fingerprint density at radius 1 is 0.920 bits per heavy atom. The summed E-state index contributed by atoms with van der Waals surface area (Å²) in [6, 6.07) is 13.0. The van der Waals surface area contributed by atoms with Crippen molar-refractivity contribution in [1.29, 1.82) is 0 Å². The number of amides is 1. The van der Waals surface area contributed by atoms with Crippen LogP contribution in [-0.2, 0) is 11.2 Å². The average molecular weight is 341 g/mol. The first-order chi connectivity index (χ1) is 11.7. The number of nitrogens with one attached hydrogen (secondary N) is 1. The smallest absolute Gasteiger partial charge is 0.335 e. The standard InChI is InChI=1S/C19H19NO5/c1-19(2,11-12-6-4-3-5-7-12)18(25)20-15-9-13(16(21)22)8-14(10-15)17(23)24/h3-10H,11H2,1-2H3,(H,20,25)(H,21,22)(H,23,24). The summed E-state index contributed by atoms with van der Waals surface area (Å²) in [7, 11) is 0. The molecule has 0 aliphatic rings. The van der Waals surface area contributed by atoms with E-state index in [1.54, 1.807) is 13.8 Å². The summed E-state index contributed by atoms with van der Waals surface area (Å²) >= 11 is 0. The van der Waals surface area contributed by atoms with Crippen LogP contribution in [0.25, 0.3) is 0 Å². The molecule has 0 atom stereocenters. The van der Waals surface area contributed by atoms with Crippen molar-refractivity contribution >= 4 is 23.5 Å². The van der Waals surface area contributed by atoms with Gasteiger partial charge >= 0.3 is 11.9 Å². The summed E-state index contributed by atoms with van der Waals surface area (Å²) in [6.07, 6.45) is 0.490. The van der Waals surface area contributed by atoms with Crippen molar-refractivity contribution in [2.75, 3.05) is 5.32 Å². The Kier molecular flexibility index (Phi) is 5.22. The lowest BCUT2D eigenvalue weighted by Crippen LogP contribution is -2.32. The molecule has 0 saturated carbocycles. The second-order valence-corrected chi connectivity index (χ2v) is 6.41. The normalized spacial score (nSPS) is 11.0. The van der Waals surface area contributed by atoms with Crippen molar-refractivity contribution in [3.05, 3.63) is 65.2 Å². The molecule has 2 rings (SSSR count). The third-order valence-electron chi connectivity index (χ3n) is 3.79. The van der Waals surface area contributed by atoms with Gasteiger partial charge in [-0.3, -0.25) is 4.79 Å². The molecule has 6 nitrogen and oxygen atoms in total. The average Bonchev–Trinajstić information content (AvgIpc) is 2.54. The molecule has 0 spiro atoms. The first kappa shape index (κ1) is 18.2. The molecule has 3 N–H and O–H groups in total. The van der Waals surface area contributed by atoms with Crippen molar-refractivity contribution in [2.24, 2.45) is 5.41 Å².